The fourth-order valence-corrected chi connectivity index (χ4v) is 4.40. The van der Waals surface area contributed by atoms with Gasteiger partial charge in [-0.1, -0.05) is 37.0 Å². The summed E-state index contributed by atoms with van der Waals surface area (Å²) in [5, 5.41) is 8.54. The number of ether oxygens (including phenoxy) is 1. The van der Waals surface area contributed by atoms with Crippen LogP contribution in [0, 0.1) is 0 Å². The second-order valence-electron chi connectivity index (χ2n) is 4.44. The number of halogens is 2. The first-order valence-corrected chi connectivity index (χ1v) is 8.74. The minimum absolute atomic E-state index is 0.0476. The van der Waals surface area contributed by atoms with Crippen LogP contribution in [0.1, 0.15) is 13.8 Å². The largest absolute Gasteiger partial charge is 0.513 e. The predicted molar refractivity (Wildman–Crippen MR) is 85.0 cm³/mol. The van der Waals surface area contributed by atoms with Crippen molar-refractivity contribution in [2.75, 3.05) is 13.1 Å². The molecule has 0 bridgehead atoms. The molecule has 1 aromatic heterocycles. The summed E-state index contributed by atoms with van der Waals surface area (Å²) in [5.74, 6) is -0.331. The van der Waals surface area contributed by atoms with E-state index >= 15 is 0 Å². The van der Waals surface area contributed by atoms with Gasteiger partial charge in [0, 0.05) is 24.5 Å². The van der Waals surface area contributed by atoms with Crippen molar-refractivity contribution in [1.29, 1.82) is 0 Å². The SMILES string of the molecule is CCN(CC)S(=O)(=O)c1cc2cc(OC(=O)O)oc2c(Cl)c1Cl. The zero-order chi connectivity index (χ0) is 17.4. The first kappa shape index (κ1) is 17.9. The smallest absolute Gasteiger partial charge is 0.449 e. The van der Waals surface area contributed by atoms with E-state index in [4.69, 9.17) is 32.7 Å². The normalized spacial score (nSPS) is 12.0. The summed E-state index contributed by atoms with van der Waals surface area (Å²) >= 11 is 12.1. The molecule has 7 nitrogen and oxygen atoms in total. The monoisotopic (exact) mass is 381 g/mol. The molecule has 0 aliphatic rings. The van der Waals surface area contributed by atoms with Crippen molar-refractivity contribution < 1.29 is 27.5 Å². The van der Waals surface area contributed by atoms with Gasteiger partial charge in [-0.25, -0.2) is 13.2 Å². The molecule has 0 saturated carbocycles. The standard InChI is InChI=1S/C13H13Cl2NO6S/c1-3-16(4-2)23(19,20)8-5-7-6-9(22-13(17)18)21-12(7)11(15)10(8)14/h5-6H,3-4H2,1-2H3,(H,17,18). The number of carboxylic acid groups (broad SMARTS) is 1. The van der Waals surface area contributed by atoms with E-state index in [1.54, 1.807) is 13.8 Å². The van der Waals surface area contributed by atoms with Gasteiger partial charge in [0.05, 0.1) is 5.02 Å². The van der Waals surface area contributed by atoms with Gasteiger partial charge in [0.2, 0.25) is 10.0 Å². The molecule has 0 aliphatic carbocycles. The Morgan fingerprint density at radius 2 is 1.87 bits per heavy atom. The van der Waals surface area contributed by atoms with Gasteiger partial charge in [-0.15, -0.1) is 0 Å². The fourth-order valence-electron chi connectivity index (χ4n) is 2.10. The highest BCUT2D eigenvalue weighted by molar-refractivity contribution is 7.89. The van der Waals surface area contributed by atoms with Crippen LogP contribution in [0.5, 0.6) is 5.95 Å². The quantitative estimate of drug-likeness (QED) is 0.790. The van der Waals surface area contributed by atoms with E-state index in [1.165, 1.54) is 16.4 Å². The van der Waals surface area contributed by atoms with Crippen molar-refractivity contribution >= 4 is 50.3 Å². The maximum absolute atomic E-state index is 12.6. The van der Waals surface area contributed by atoms with Gasteiger partial charge in [-0.3, -0.25) is 0 Å². The van der Waals surface area contributed by atoms with Crippen LogP contribution in [-0.4, -0.2) is 37.1 Å². The number of sulfonamides is 1. The Kier molecular flexibility index (Phi) is 5.10. The minimum atomic E-state index is -3.84. The van der Waals surface area contributed by atoms with Gasteiger partial charge >= 0.3 is 6.16 Å². The minimum Gasteiger partial charge on any atom is -0.449 e. The number of hydrogen-bond acceptors (Lipinski definition) is 5. The second-order valence-corrected chi connectivity index (χ2v) is 7.11. The summed E-state index contributed by atoms with van der Waals surface area (Å²) in [4.78, 5) is 10.4. The van der Waals surface area contributed by atoms with Gasteiger partial charge in [-0.05, 0) is 6.07 Å². The highest BCUT2D eigenvalue weighted by Crippen LogP contribution is 2.40. The summed E-state index contributed by atoms with van der Waals surface area (Å²) in [6.45, 7) is 3.94. The van der Waals surface area contributed by atoms with Crippen molar-refractivity contribution in [1.82, 2.24) is 4.31 Å². The van der Waals surface area contributed by atoms with E-state index in [2.05, 4.69) is 4.74 Å². The average Bonchev–Trinajstić information content (AvgIpc) is 2.85. The van der Waals surface area contributed by atoms with Gasteiger partial charge in [0.15, 0.2) is 5.58 Å². The van der Waals surface area contributed by atoms with E-state index in [0.29, 0.717) is 0 Å². The Balaban J connectivity index is 2.67. The average molecular weight is 382 g/mol. The number of carbonyl (C=O) groups is 1. The number of fused-ring (bicyclic) bond motifs is 1. The van der Waals surface area contributed by atoms with E-state index in [0.717, 1.165) is 0 Å². The Bertz CT molecular complexity index is 857. The molecule has 10 heteroatoms. The molecule has 2 rings (SSSR count). The third-order valence-electron chi connectivity index (χ3n) is 3.14. The number of rotatable bonds is 5. The molecule has 0 unspecified atom stereocenters. The van der Waals surface area contributed by atoms with Crippen molar-refractivity contribution in [3.63, 3.8) is 0 Å². The fraction of sp³-hybridized carbons (Fsp3) is 0.308. The highest BCUT2D eigenvalue weighted by Gasteiger charge is 2.28. The number of furan rings is 1. The van der Waals surface area contributed by atoms with E-state index in [1.807, 2.05) is 0 Å². The van der Waals surface area contributed by atoms with E-state index in [9.17, 15) is 13.2 Å². The van der Waals surface area contributed by atoms with E-state index < -0.39 is 16.2 Å². The van der Waals surface area contributed by atoms with Crippen LogP contribution in [0.4, 0.5) is 4.79 Å². The summed E-state index contributed by atoms with van der Waals surface area (Å²) in [6, 6.07) is 2.50. The van der Waals surface area contributed by atoms with Gasteiger partial charge in [0.1, 0.15) is 9.92 Å². The second kappa shape index (κ2) is 6.56. The Labute approximate surface area is 142 Å². The molecule has 2 aromatic rings. The van der Waals surface area contributed by atoms with Crippen LogP contribution < -0.4 is 4.74 Å². The van der Waals surface area contributed by atoms with Crippen molar-refractivity contribution in [2.45, 2.75) is 18.7 Å². The van der Waals surface area contributed by atoms with Crippen molar-refractivity contribution in [3.8, 4) is 5.95 Å². The summed E-state index contributed by atoms with van der Waals surface area (Å²) in [7, 11) is -3.84. The van der Waals surface area contributed by atoms with Crippen molar-refractivity contribution in [3.05, 3.63) is 22.2 Å². The summed E-state index contributed by atoms with van der Waals surface area (Å²) in [6.07, 6.45) is -1.57. The van der Waals surface area contributed by atoms with E-state index in [-0.39, 0.29) is 44.9 Å². The molecule has 1 N–H and O–H groups in total. The van der Waals surface area contributed by atoms with Gasteiger partial charge in [0.25, 0.3) is 5.95 Å². The highest BCUT2D eigenvalue weighted by atomic mass is 35.5. The maximum atomic E-state index is 12.6. The molecular formula is C13H13Cl2NO6S. The Hall–Kier alpha value is -1.48. The molecule has 0 saturated heterocycles. The molecule has 1 heterocycles. The molecule has 126 valence electrons. The maximum Gasteiger partial charge on any atom is 0.513 e. The van der Waals surface area contributed by atoms with Crippen LogP contribution >= 0.6 is 23.2 Å². The van der Waals surface area contributed by atoms with Crippen molar-refractivity contribution in [2.24, 2.45) is 0 Å². The zero-order valence-corrected chi connectivity index (χ0v) is 14.5. The summed E-state index contributed by atoms with van der Waals surface area (Å²) in [5.41, 5.74) is 0.0476. The number of benzene rings is 1. The lowest BCUT2D eigenvalue weighted by atomic mass is 10.2. The topological polar surface area (TPSA) is 97.0 Å². The Morgan fingerprint density at radius 3 is 2.39 bits per heavy atom. The lowest BCUT2D eigenvalue weighted by Crippen LogP contribution is -2.30. The third kappa shape index (κ3) is 3.25. The number of nitrogens with zero attached hydrogens (tertiary/aromatic N) is 1. The molecular weight excluding hydrogens is 369 g/mol. The zero-order valence-electron chi connectivity index (χ0n) is 12.2. The lowest BCUT2D eigenvalue weighted by Gasteiger charge is -2.19. The Morgan fingerprint density at radius 1 is 1.26 bits per heavy atom. The molecule has 0 radical (unpaired) electrons. The lowest BCUT2D eigenvalue weighted by molar-refractivity contribution is 0.134. The van der Waals surface area contributed by atoms with Gasteiger partial charge < -0.3 is 14.3 Å². The molecule has 0 fully saturated rings. The molecule has 0 aliphatic heterocycles. The molecule has 0 spiro atoms. The molecule has 0 atom stereocenters. The predicted octanol–water partition coefficient (Wildman–Crippen LogP) is 3.83. The van der Waals surface area contributed by atoms with Crippen LogP contribution in [0.2, 0.25) is 10.0 Å². The molecule has 23 heavy (non-hydrogen) atoms. The van der Waals surface area contributed by atoms with Crippen LogP contribution in [0.15, 0.2) is 21.4 Å². The number of hydrogen-bond donors (Lipinski definition) is 1. The van der Waals surface area contributed by atoms with Crippen LogP contribution in [-0.2, 0) is 10.0 Å². The molecule has 0 amide bonds. The van der Waals surface area contributed by atoms with Gasteiger partial charge in [-0.2, -0.15) is 4.31 Å². The third-order valence-corrected chi connectivity index (χ3v) is 6.18. The van der Waals surface area contributed by atoms with Crippen LogP contribution in [0.25, 0.3) is 11.0 Å². The first-order chi connectivity index (χ1) is 10.7. The first-order valence-electron chi connectivity index (χ1n) is 6.54. The molecule has 1 aromatic carbocycles. The summed E-state index contributed by atoms with van der Waals surface area (Å²) < 4.78 is 36.0. The van der Waals surface area contributed by atoms with Crippen LogP contribution in [0.3, 0.4) is 0 Å².